The van der Waals surface area contributed by atoms with Gasteiger partial charge in [0.1, 0.15) is 0 Å². The van der Waals surface area contributed by atoms with Crippen LogP contribution < -0.4 is 11.1 Å². The smallest absolute Gasteiger partial charge is 0.160 e. The molecule has 0 spiro atoms. The Morgan fingerprint density at radius 1 is 1.41 bits per heavy atom. The number of nitrogen functional groups attached to an aromatic ring is 1. The third kappa shape index (κ3) is 2.04. The van der Waals surface area contributed by atoms with Crippen LogP contribution >= 0.6 is 11.8 Å². The molecule has 1 saturated heterocycles. The molecule has 2 heterocycles. The van der Waals surface area contributed by atoms with E-state index in [1.54, 1.807) is 0 Å². The van der Waals surface area contributed by atoms with Crippen molar-refractivity contribution < 1.29 is 4.63 Å². The molecule has 5 nitrogen and oxygen atoms in total. The predicted octanol–water partition coefficient (Wildman–Crippen LogP) is 1.97. The molecule has 3 rings (SSSR count). The van der Waals surface area contributed by atoms with E-state index in [0.29, 0.717) is 11.2 Å². The Labute approximate surface area is 103 Å². The summed E-state index contributed by atoms with van der Waals surface area (Å²) in [6.07, 6.45) is 1.28. The summed E-state index contributed by atoms with van der Waals surface area (Å²) < 4.78 is 4.73. The summed E-state index contributed by atoms with van der Waals surface area (Å²) >= 11 is 2.02. The zero-order valence-corrected chi connectivity index (χ0v) is 10.2. The van der Waals surface area contributed by atoms with Crippen molar-refractivity contribution in [2.75, 3.05) is 29.1 Å². The van der Waals surface area contributed by atoms with Gasteiger partial charge < -0.3 is 11.1 Å². The number of aromatic nitrogens is 2. The molecule has 0 aliphatic carbocycles. The number of fused-ring (bicyclic) bond motifs is 1. The van der Waals surface area contributed by atoms with Gasteiger partial charge in [0, 0.05) is 6.54 Å². The van der Waals surface area contributed by atoms with Crippen molar-refractivity contribution in [1.82, 2.24) is 10.3 Å². The van der Waals surface area contributed by atoms with Crippen molar-refractivity contribution in [2.24, 2.45) is 5.92 Å². The van der Waals surface area contributed by atoms with Gasteiger partial charge in [0.25, 0.3) is 0 Å². The molecule has 17 heavy (non-hydrogen) atoms. The first kappa shape index (κ1) is 10.7. The molecule has 0 amide bonds. The van der Waals surface area contributed by atoms with Crippen LogP contribution in [-0.2, 0) is 0 Å². The number of nitrogens with one attached hydrogen (secondary N) is 1. The van der Waals surface area contributed by atoms with Crippen LogP contribution in [0.1, 0.15) is 6.42 Å². The third-order valence-corrected chi connectivity index (χ3v) is 4.28. The quantitative estimate of drug-likeness (QED) is 0.811. The molecule has 3 N–H and O–H groups in total. The average molecular weight is 250 g/mol. The zero-order valence-electron chi connectivity index (χ0n) is 9.35. The zero-order chi connectivity index (χ0) is 11.7. The number of nitrogens with two attached hydrogens (primary N) is 1. The van der Waals surface area contributed by atoms with Crippen LogP contribution in [-0.4, -0.2) is 28.4 Å². The predicted molar refractivity (Wildman–Crippen MR) is 70.1 cm³/mol. The summed E-state index contributed by atoms with van der Waals surface area (Å²) in [5, 5.41) is 11.1. The maximum atomic E-state index is 5.79. The number of anilines is 2. The van der Waals surface area contributed by atoms with E-state index < -0.39 is 0 Å². The molecule has 1 aromatic carbocycles. The molecule has 0 radical (unpaired) electrons. The average Bonchev–Trinajstić information content (AvgIpc) is 2.99. The summed E-state index contributed by atoms with van der Waals surface area (Å²) in [6.45, 7) is 0.971. The molecule has 0 bridgehead atoms. The van der Waals surface area contributed by atoms with Crippen molar-refractivity contribution >= 4 is 34.2 Å². The normalized spacial score (nSPS) is 19.9. The highest BCUT2D eigenvalue weighted by Gasteiger charge is 2.16. The second kappa shape index (κ2) is 4.44. The lowest BCUT2D eigenvalue weighted by molar-refractivity contribution is 0.315. The molecule has 1 aliphatic rings. The van der Waals surface area contributed by atoms with Crippen LogP contribution in [0.15, 0.2) is 16.8 Å². The number of thioether (sulfide) groups is 1. The second-order valence-electron chi connectivity index (χ2n) is 4.27. The molecule has 1 aromatic heterocycles. The molecule has 1 unspecified atom stereocenters. The van der Waals surface area contributed by atoms with Crippen molar-refractivity contribution in [1.29, 1.82) is 0 Å². The summed E-state index contributed by atoms with van der Waals surface area (Å²) in [5.74, 6) is 3.25. The van der Waals surface area contributed by atoms with E-state index in [2.05, 4.69) is 15.6 Å². The fourth-order valence-corrected chi connectivity index (χ4v) is 3.31. The lowest BCUT2D eigenvalue weighted by Gasteiger charge is -2.11. The topological polar surface area (TPSA) is 77.0 Å². The SMILES string of the molecule is Nc1ccc(NCC2CCSC2)c2nonc12. The number of hydrogen-bond acceptors (Lipinski definition) is 6. The monoisotopic (exact) mass is 250 g/mol. The first-order valence-electron chi connectivity index (χ1n) is 5.67. The molecular formula is C11H14N4OS. The minimum atomic E-state index is 0.600. The minimum Gasteiger partial charge on any atom is -0.397 e. The summed E-state index contributed by atoms with van der Waals surface area (Å²) in [5.41, 5.74) is 8.70. The standard InChI is InChI=1S/C11H14N4OS/c12-8-1-2-9(11-10(8)14-16-15-11)13-5-7-3-4-17-6-7/h1-2,7,13H,3-6,12H2. The molecule has 1 atom stereocenters. The Morgan fingerprint density at radius 2 is 2.29 bits per heavy atom. The number of nitrogens with zero attached hydrogens (tertiary/aromatic N) is 2. The van der Waals surface area contributed by atoms with Gasteiger partial charge in [0.2, 0.25) is 0 Å². The highest BCUT2D eigenvalue weighted by Crippen LogP contribution is 2.27. The van der Waals surface area contributed by atoms with Gasteiger partial charge in [-0.3, -0.25) is 0 Å². The Kier molecular flexibility index (Phi) is 2.80. The van der Waals surface area contributed by atoms with Crippen LogP contribution in [0.2, 0.25) is 0 Å². The molecular weight excluding hydrogens is 236 g/mol. The van der Waals surface area contributed by atoms with Gasteiger partial charge in [-0.1, -0.05) is 0 Å². The number of rotatable bonds is 3. The van der Waals surface area contributed by atoms with E-state index in [1.165, 1.54) is 17.9 Å². The number of benzene rings is 1. The van der Waals surface area contributed by atoms with Crippen molar-refractivity contribution in [3.63, 3.8) is 0 Å². The maximum absolute atomic E-state index is 5.79. The van der Waals surface area contributed by atoms with Gasteiger partial charge in [-0.2, -0.15) is 11.8 Å². The van der Waals surface area contributed by atoms with Crippen LogP contribution in [0.3, 0.4) is 0 Å². The number of hydrogen-bond donors (Lipinski definition) is 2. The van der Waals surface area contributed by atoms with Crippen LogP contribution in [0.5, 0.6) is 0 Å². The Balaban J connectivity index is 1.80. The van der Waals surface area contributed by atoms with Gasteiger partial charge in [-0.05, 0) is 46.3 Å². The molecule has 1 fully saturated rings. The van der Waals surface area contributed by atoms with Gasteiger partial charge in [0.05, 0.1) is 11.4 Å². The van der Waals surface area contributed by atoms with E-state index in [1.807, 2.05) is 23.9 Å². The van der Waals surface area contributed by atoms with Gasteiger partial charge in [-0.15, -0.1) is 0 Å². The highest BCUT2D eigenvalue weighted by molar-refractivity contribution is 7.99. The van der Waals surface area contributed by atoms with Gasteiger partial charge in [0.15, 0.2) is 11.0 Å². The van der Waals surface area contributed by atoms with E-state index in [9.17, 15) is 0 Å². The molecule has 2 aromatic rings. The molecule has 6 heteroatoms. The van der Waals surface area contributed by atoms with E-state index in [-0.39, 0.29) is 0 Å². The lowest BCUT2D eigenvalue weighted by Crippen LogP contribution is -2.13. The largest absolute Gasteiger partial charge is 0.397 e. The van der Waals surface area contributed by atoms with E-state index in [4.69, 9.17) is 10.4 Å². The molecule has 1 aliphatic heterocycles. The fourth-order valence-electron chi connectivity index (χ4n) is 2.03. The first-order chi connectivity index (χ1) is 8.34. The van der Waals surface area contributed by atoms with E-state index in [0.717, 1.165) is 23.7 Å². The Hall–Kier alpha value is -1.43. The Morgan fingerprint density at radius 3 is 3.12 bits per heavy atom. The minimum absolute atomic E-state index is 0.600. The van der Waals surface area contributed by atoms with Gasteiger partial charge >= 0.3 is 0 Å². The van der Waals surface area contributed by atoms with Crippen molar-refractivity contribution in [3.8, 4) is 0 Å². The molecule has 90 valence electrons. The second-order valence-corrected chi connectivity index (χ2v) is 5.42. The van der Waals surface area contributed by atoms with Crippen molar-refractivity contribution in [2.45, 2.75) is 6.42 Å². The van der Waals surface area contributed by atoms with E-state index >= 15 is 0 Å². The lowest BCUT2D eigenvalue weighted by atomic mass is 10.1. The Bertz CT molecular complexity index is 521. The van der Waals surface area contributed by atoms with Crippen molar-refractivity contribution in [3.05, 3.63) is 12.1 Å². The third-order valence-electron chi connectivity index (χ3n) is 3.05. The summed E-state index contributed by atoms with van der Waals surface area (Å²) in [7, 11) is 0. The summed E-state index contributed by atoms with van der Waals surface area (Å²) in [6, 6.07) is 3.77. The molecule has 0 saturated carbocycles. The highest BCUT2D eigenvalue weighted by atomic mass is 32.2. The van der Waals surface area contributed by atoms with Crippen LogP contribution in [0, 0.1) is 5.92 Å². The fraction of sp³-hybridized carbons (Fsp3) is 0.455. The van der Waals surface area contributed by atoms with Crippen LogP contribution in [0.4, 0.5) is 11.4 Å². The first-order valence-corrected chi connectivity index (χ1v) is 6.82. The van der Waals surface area contributed by atoms with Crippen LogP contribution in [0.25, 0.3) is 11.0 Å². The van der Waals surface area contributed by atoms with Gasteiger partial charge in [-0.25, -0.2) is 4.63 Å². The summed E-state index contributed by atoms with van der Waals surface area (Å²) in [4.78, 5) is 0. The maximum Gasteiger partial charge on any atom is 0.160 e.